The molecule has 1 atom stereocenters. The standard InChI is InChI=1S/C9H20N2/c1-4-5-9(11(2)3)6-7-10-8-9/h10H,4-8H2,1-3H3/t9-/m0/s1. The molecule has 0 aromatic heterocycles. The summed E-state index contributed by atoms with van der Waals surface area (Å²) < 4.78 is 0. The van der Waals surface area contributed by atoms with E-state index in [1.54, 1.807) is 0 Å². The molecule has 1 N–H and O–H groups in total. The molecule has 1 saturated heterocycles. The van der Waals surface area contributed by atoms with E-state index in [-0.39, 0.29) is 0 Å². The van der Waals surface area contributed by atoms with Crippen LogP contribution >= 0.6 is 0 Å². The lowest BCUT2D eigenvalue weighted by Crippen LogP contribution is -2.45. The van der Waals surface area contributed by atoms with Gasteiger partial charge in [0, 0.05) is 12.1 Å². The van der Waals surface area contributed by atoms with Crippen LogP contribution in [0.2, 0.25) is 0 Å². The Labute approximate surface area is 70.0 Å². The lowest BCUT2D eigenvalue weighted by atomic mass is 9.91. The van der Waals surface area contributed by atoms with E-state index < -0.39 is 0 Å². The van der Waals surface area contributed by atoms with Crippen molar-refractivity contribution in [1.29, 1.82) is 0 Å². The smallest absolute Gasteiger partial charge is 0.0339 e. The van der Waals surface area contributed by atoms with Crippen LogP contribution < -0.4 is 5.32 Å². The van der Waals surface area contributed by atoms with Gasteiger partial charge in [-0.1, -0.05) is 13.3 Å². The molecule has 1 rings (SSSR count). The van der Waals surface area contributed by atoms with Crippen molar-refractivity contribution < 1.29 is 0 Å². The van der Waals surface area contributed by atoms with E-state index in [0.29, 0.717) is 5.54 Å². The first kappa shape index (κ1) is 9.01. The Kier molecular flexibility index (Phi) is 2.90. The Morgan fingerprint density at radius 2 is 2.18 bits per heavy atom. The fourth-order valence-corrected chi connectivity index (χ4v) is 2.01. The third kappa shape index (κ3) is 1.74. The van der Waals surface area contributed by atoms with Crippen LogP contribution in [0.5, 0.6) is 0 Å². The molecule has 0 aromatic carbocycles. The number of hydrogen-bond donors (Lipinski definition) is 1. The molecule has 0 radical (unpaired) electrons. The summed E-state index contributed by atoms with van der Waals surface area (Å²) in [5, 5.41) is 3.44. The molecule has 0 unspecified atom stereocenters. The summed E-state index contributed by atoms with van der Waals surface area (Å²) in [5.41, 5.74) is 0.467. The lowest BCUT2D eigenvalue weighted by molar-refractivity contribution is 0.159. The highest BCUT2D eigenvalue weighted by atomic mass is 15.2. The van der Waals surface area contributed by atoms with Crippen molar-refractivity contribution in [1.82, 2.24) is 10.2 Å². The Balaban J connectivity index is 2.55. The van der Waals surface area contributed by atoms with Gasteiger partial charge in [-0.15, -0.1) is 0 Å². The molecular formula is C9H20N2. The second kappa shape index (κ2) is 3.55. The first-order chi connectivity index (χ1) is 5.21. The molecular weight excluding hydrogens is 136 g/mol. The summed E-state index contributed by atoms with van der Waals surface area (Å²) in [6, 6.07) is 0. The van der Waals surface area contributed by atoms with Gasteiger partial charge in [-0.05, 0) is 33.5 Å². The number of rotatable bonds is 3. The van der Waals surface area contributed by atoms with E-state index >= 15 is 0 Å². The Hall–Kier alpha value is -0.0800. The molecule has 1 heterocycles. The van der Waals surface area contributed by atoms with Gasteiger partial charge >= 0.3 is 0 Å². The minimum absolute atomic E-state index is 0.467. The minimum Gasteiger partial charge on any atom is -0.315 e. The van der Waals surface area contributed by atoms with Gasteiger partial charge in [-0.25, -0.2) is 0 Å². The van der Waals surface area contributed by atoms with Gasteiger partial charge in [0.05, 0.1) is 0 Å². The highest BCUT2D eigenvalue weighted by Gasteiger charge is 2.34. The predicted molar refractivity (Wildman–Crippen MR) is 48.8 cm³/mol. The predicted octanol–water partition coefficient (Wildman–Crippen LogP) is 1.08. The third-order valence-electron chi connectivity index (χ3n) is 2.89. The van der Waals surface area contributed by atoms with E-state index in [2.05, 4.69) is 31.2 Å². The van der Waals surface area contributed by atoms with Crippen LogP contribution in [0.3, 0.4) is 0 Å². The van der Waals surface area contributed by atoms with Crippen molar-refractivity contribution in [2.45, 2.75) is 31.7 Å². The molecule has 0 bridgehead atoms. The van der Waals surface area contributed by atoms with Gasteiger partial charge in [0.25, 0.3) is 0 Å². The van der Waals surface area contributed by atoms with Gasteiger partial charge < -0.3 is 10.2 Å². The lowest BCUT2D eigenvalue weighted by Gasteiger charge is -2.35. The third-order valence-corrected chi connectivity index (χ3v) is 2.89. The van der Waals surface area contributed by atoms with E-state index in [0.717, 1.165) is 0 Å². The van der Waals surface area contributed by atoms with Crippen molar-refractivity contribution in [3.05, 3.63) is 0 Å². The highest BCUT2D eigenvalue weighted by Crippen LogP contribution is 2.25. The van der Waals surface area contributed by atoms with E-state index in [1.807, 2.05) is 0 Å². The van der Waals surface area contributed by atoms with Crippen molar-refractivity contribution in [2.75, 3.05) is 27.2 Å². The van der Waals surface area contributed by atoms with Gasteiger partial charge in [0.2, 0.25) is 0 Å². The second-order valence-electron chi connectivity index (χ2n) is 3.80. The molecule has 0 amide bonds. The maximum Gasteiger partial charge on any atom is 0.0339 e. The SMILES string of the molecule is CCC[C@]1(N(C)C)CCNC1. The average Bonchev–Trinajstić information content (AvgIpc) is 2.38. The zero-order valence-corrected chi connectivity index (χ0v) is 7.98. The molecule has 1 aliphatic heterocycles. The van der Waals surface area contributed by atoms with Crippen LogP contribution in [-0.2, 0) is 0 Å². The summed E-state index contributed by atoms with van der Waals surface area (Å²) in [7, 11) is 4.39. The summed E-state index contributed by atoms with van der Waals surface area (Å²) >= 11 is 0. The average molecular weight is 156 g/mol. The topological polar surface area (TPSA) is 15.3 Å². The zero-order chi connectivity index (χ0) is 8.32. The zero-order valence-electron chi connectivity index (χ0n) is 7.98. The molecule has 0 saturated carbocycles. The molecule has 1 fully saturated rings. The van der Waals surface area contributed by atoms with E-state index in [9.17, 15) is 0 Å². The monoisotopic (exact) mass is 156 g/mol. The summed E-state index contributed by atoms with van der Waals surface area (Å²) in [6.45, 7) is 4.63. The fourth-order valence-electron chi connectivity index (χ4n) is 2.01. The molecule has 0 aliphatic carbocycles. The summed E-state index contributed by atoms with van der Waals surface area (Å²) in [5.74, 6) is 0. The maximum atomic E-state index is 3.44. The van der Waals surface area contributed by atoms with Crippen molar-refractivity contribution >= 4 is 0 Å². The molecule has 2 nitrogen and oxygen atoms in total. The maximum absolute atomic E-state index is 3.44. The molecule has 66 valence electrons. The number of nitrogens with one attached hydrogen (secondary N) is 1. The fraction of sp³-hybridized carbons (Fsp3) is 1.00. The molecule has 0 spiro atoms. The normalized spacial score (nSPS) is 31.6. The van der Waals surface area contributed by atoms with Crippen molar-refractivity contribution in [3.63, 3.8) is 0 Å². The van der Waals surface area contributed by atoms with Gasteiger partial charge in [0.1, 0.15) is 0 Å². The van der Waals surface area contributed by atoms with Gasteiger partial charge in [0.15, 0.2) is 0 Å². The quantitative estimate of drug-likeness (QED) is 0.658. The van der Waals surface area contributed by atoms with Crippen molar-refractivity contribution in [3.8, 4) is 0 Å². The molecule has 0 aromatic rings. The van der Waals surface area contributed by atoms with Crippen LogP contribution in [-0.4, -0.2) is 37.6 Å². The summed E-state index contributed by atoms with van der Waals surface area (Å²) in [6.07, 6.45) is 3.93. The minimum atomic E-state index is 0.467. The van der Waals surface area contributed by atoms with Crippen LogP contribution in [0.4, 0.5) is 0 Å². The first-order valence-corrected chi connectivity index (χ1v) is 4.59. The van der Waals surface area contributed by atoms with E-state index in [1.165, 1.54) is 32.4 Å². The van der Waals surface area contributed by atoms with Gasteiger partial charge in [-0.3, -0.25) is 0 Å². The number of hydrogen-bond acceptors (Lipinski definition) is 2. The largest absolute Gasteiger partial charge is 0.315 e. The number of likely N-dealkylation sites (N-methyl/N-ethyl adjacent to an activating group) is 1. The molecule has 11 heavy (non-hydrogen) atoms. The Bertz CT molecular complexity index is 115. The molecule has 1 aliphatic rings. The van der Waals surface area contributed by atoms with Gasteiger partial charge in [-0.2, -0.15) is 0 Å². The van der Waals surface area contributed by atoms with Crippen LogP contribution in [0.1, 0.15) is 26.2 Å². The van der Waals surface area contributed by atoms with E-state index in [4.69, 9.17) is 0 Å². The van der Waals surface area contributed by atoms with Crippen molar-refractivity contribution in [2.24, 2.45) is 0 Å². The van der Waals surface area contributed by atoms with Crippen LogP contribution in [0.25, 0.3) is 0 Å². The van der Waals surface area contributed by atoms with Crippen LogP contribution in [0, 0.1) is 0 Å². The second-order valence-corrected chi connectivity index (χ2v) is 3.80. The highest BCUT2D eigenvalue weighted by molar-refractivity contribution is 4.94. The van der Waals surface area contributed by atoms with Crippen LogP contribution in [0.15, 0.2) is 0 Å². The Morgan fingerprint density at radius 3 is 2.55 bits per heavy atom. The first-order valence-electron chi connectivity index (χ1n) is 4.59. The summed E-state index contributed by atoms with van der Waals surface area (Å²) in [4.78, 5) is 2.39. The Morgan fingerprint density at radius 1 is 1.45 bits per heavy atom. The molecule has 2 heteroatoms. The number of nitrogens with zero attached hydrogens (tertiary/aromatic N) is 1.